The van der Waals surface area contributed by atoms with Gasteiger partial charge in [-0.1, -0.05) is 13.0 Å². The normalized spacial score (nSPS) is 39.8. The lowest BCUT2D eigenvalue weighted by Crippen LogP contribution is -2.56. The first-order valence-electron chi connectivity index (χ1n) is 12.5. The summed E-state index contributed by atoms with van der Waals surface area (Å²) in [5.41, 5.74) is 2.71. The van der Waals surface area contributed by atoms with Gasteiger partial charge in [-0.2, -0.15) is 0 Å². The first-order chi connectivity index (χ1) is 15.9. The average Bonchev–Trinajstić information content (AvgIpc) is 3.09. The molecule has 0 unspecified atom stereocenters. The van der Waals surface area contributed by atoms with Gasteiger partial charge in [0, 0.05) is 36.8 Å². The van der Waals surface area contributed by atoms with Crippen LogP contribution in [0.1, 0.15) is 62.5 Å². The Hall–Kier alpha value is -0.290. The number of ether oxygens (including phenoxy) is 1. The highest BCUT2D eigenvalue weighted by Gasteiger charge is 2.65. The zero-order chi connectivity index (χ0) is 23.3. The van der Waals surface area contributed by atoms with Gasteiger partial charge < -0.3 is 4.74 Å². The lowest BCUT2D eigenvalue weighted by atomic mass is 9.53. The van der Waals surface area contributed by atoms with Gasteiger partial charge in [-0.3, -0.25) is 9.09 Å². The SMILES string of the molecule is COc1ccc2c(c1)CC[C@@H]1[C@@H]2CC[C@]2(C)[C@@H]1CC[C@]21CCN[P@](=O)(N(CCCl)CCCl)O1. The molecule has 184 valence electrons. The summed E-state index contributed by atoms with van der Waals surface area (Å²) in [6, 6.07) is 6.67. The predicted molar refractivity (Wildman–Crippen MR) is 135 cm³/mol. The zero-order valence-electron chi connectivity index (χ0n) is 19.8. The van der Waals surface area contributed by atoms with Crippen LogP contribution in [0.2, 0.25) is 0 Å². The molecule has 0 radical (unpaired) electrons. The number of benzene rings is 1. The van der Waals surface area contributed by atoms with E-state index < -0.39 is 7.67 Å². The van der Waals surface area contributed by atoms with Gasteiger partial charge in [0.05, 0.1) is 12.7 Å². The van der Waals surface area contributed by atoms with Crippen LogP contribution < -0.4 is 9.82 Å². The summed E-state index contributed by atoms with van der Waals surface area (Å²) >= 11 is 12.1. The van der Waals surface area contributed by atoms with Gasteiger partial charge in [0.2, 0.25) is 0 Å². The molecule has 8 heteroatoms. The molecule has 1 aromatic rings. The molecule has 5 nitrogen and oxygen atoms in total. The van der Waals surface area contributed by atoms with E-state index in [1.807, 2.05) is 4.67 Å². The van der Waals surface area contributed by atoms with Crippen LogP contribution in [-0.2, 0) is 15.5 Å². The summed E-state index contributed by atoms with van der Waals surface area (Å²) in [6.07, 6.45) is 7.71. The molecule has 2 saturated carbocycles. The van der Waals surface area contributed by atoms with Crippen molar-refractivity contribution in [1.29, 1.82) is 0 Å². The molecule has 0 bridgehead atoms. The molecule has 3 fully saturated rings. The van der Waals surface area contributed by atoms with Crippen molar-refractivity contribution in [3.05, 3.63) is 29.3 Å². The molecule has 1 saturated heterocycles. The van der Waals surface area contributed by atoms with Gasteiger partial charge in [0.15, 0.2) is 0 Å². The second kappa shape index (κ2) is 9.30. The Bertz CT molecular complexity index is 927. The van der Waals surface area contributed by atoms with Gasteiger partial charge in [0.25, 0.3) is 0 Å². The zero-order valence-corrected chi connectivity index (χ0v) is 22.2. The van der Waals surface area contributed by atoms with Gasteiger partial charge in [-0.05, 0) is 86.0 Å². The van der Waals surface area contributed by atoms with Crippen LogP contribution in [0, 0.1) is 17.3 Å². The summed E-state index contributed by atoms with van der Waals surface area (Å²) in [5.74, 6) is 3.67. The number of fused-ring (bicyclic) bond motifs is 6. The van der Waals surface area contributed by atoms with E-state index in [1.54, 1.807) is 7.11 Å². The molecule has 3 aliphatic carbocycles. The number of aryl methyl sites for hydroxylation is 1. The van der Waals surface area contributed by atoms with Gasteiger partial charge in [-0.25, -0.2) is 9.76 Å². The van der Waals surface area contributed by atoms with E-state index in [1.165, 1.54) is 24.0 Å². The third-order valence-electron chi connectivity index (χ3n) is 9.42. The summed E-state index contributed by atoms with van der Waals surface area (Å²) in [5, 5.41) is 3.24. The monoisotopic (exact) mass is 514 g/mol. The van der Waals surface area contributed by atoms with Crippen LogP contribution in [-0.4, -0.2) is 48.8 Å². The van der Waals surface area contributed by atoms with E-state index in [4.69, 9.17) is 32.5 Å². The highest BCUT2D eigenvalue weighted by atomic mass is 35.5. The highest BCUT2D eigenvalue weighted by Crippen LogP contribution is 2.70. The average molecular weight is 515 g/mol. The molecular weight excluding hydrogens is 478 g/mol. The van der Waals surface area contributed by atoms with Crippen LogP contribution in [0.5, 0.6) is 5.75 Å². The summed E-state index contributed by atoms with van der Waals surface area (Å²) < 4.78 is 28.2. The van der Waals surface area contributed by atoms with Crippen molar-refractivity contribution in [3.63, 3.8) is 0 Å². The molecule has 0 aromatic heterocycles. The molecule has 1 aliphatic heterocycles. The molecule has 1 aromatic carbocycles. The second-order valence-electron chi connectivity index (χ2n) is 10.6. The third-order valence-corrected chi connectivity index (χ3v) is 12.1. The van der Waals surface area contributed by atoms with E-state index in [0.29, 0.717) is 42.6 Å². The molecule has 33 heavy (non-hydrogen) atoms. The van der Waals surface area contributed by atoms with Crippen molar-refractivity contribution in [1.82, 2.24) is 9.76 Å². The highest BCUT2D eigenvalue weighted by molar-refractivity contribution is 7.54. The number of methoxy groups -OCH3 is 1. The smallest absolute Gasteiger partial charge is 0.344 e. The van der Waals surface area contributed by atoms with Crippen LogP contribution in [0.3, 0.4) is 0 Å². The predicted octanol–water partition coefficient (Wildman–Crippen LogP) is 6.19. The number of rotatable bonds is 6. The number of halogens is 2. The minimum absolute atomic E-state index is 0.0451. The quantitative estimate of drug-likeness (QED) is 0.362. The number of nitrogens with one attached hydrogen (secondary N) is 1. The fourth-order valence-electron chi connectivity index (χ4n) is 7.78. The van der Waals surface area contributed by atoms with E-state index >= 15 is 0 Å². The number of hydrogen-bond acceptors (Lipinski definition) is 3. The second-order valence-corrected chi connectivity index (χ2v) is 13.4. The van der Waals surface area contributed by atoms with Crippen molar-refractivity contribution < 1.29 is 13.8 Å². The summed E-state index contributed by atoms with van der Waals surface area (Å²) in [4.78, 5) is 0. The third kappa shape index (κ3) is 3.90. The number of hydrogen-bond donors (Lipinski definition) is 1. The maximum absolute atomic E-state index is 14.1. The van der Waals surface area contributed by atoms with Crippen molar-refractivity contribution >= 4 is 30.9 Å². The molecular formula is C25H37Cl2N2O3P. The molecule has 1 heterocycles. The van der Waals surface area contributed by atoms with Crippen LogP contribution in [0.15, 0.2) is 18.2 Å². The molecule has 4 aliphatic rings. The molecule has 1 N–H and O–H groups in total. The maximum atomic E-state index is 14.1. The van der Waals surface area contributed by atoms with Crippen molar-refractivity contribution in [2.45, 2.75) is 63.4 Å². The van der Waals surface area contributed by atoms with E-state index in [2.05, 4.69) is 30.2 Å². The van der Waals surface area contributed by atoms with E-state index in [0.717, 1.165) is 44.4 Å². The standard InChI is InChI=1S/C25H37Cl2N2O3P/c1-24-9-7-21-20-6-4-19(31-2)17-18(20)3-5-22(21)23(24)8-10-25(24)11-14-28-33(30,32-25)29(15-12-26)16-13-27/h4,6,17,21-23H,3,5,7-16H2,1-2H3,(H,28,30)/t21-,22-,23-,24-,25+,33-/m1/s1. The Morgan fingerprint density at radius 1 is 1.18 bits per heavy atom. The maximum Gasteiger partial charge on any atom is 0.344 e. The molecule has 5 rings (SSSR count). The minimum Gasteiger partial charge on any atom is -0.497 e. The van der Waals surface area contributed by atoms with Gasteiger partial charge >= 0.3 is 7.67 Å². The largest absolute Gasteiger partial charge is 0.497 e. The summed E-state index contributed by atoms with van der Waals surface area (Å²) in [7, 11) is -1.43. The molecule has 1 spiro atoms. The molecule has 0 amide bonds. The lowest BCUT2D eigenvalue weighted by Gasteiger charge is -2.56. The number of alkyl halides is 2. The number of nitrogens with zero attached hydrogens (tertiary/aromatic N) is 1. The molecule has 6 atom stereocenters. The minimum atomic E-state index is -3.18. The first-order valence-corrected chi connectivity index (χ1v) is 15.1. The van der Waals surface area contributed by atoms with Crippen molar-refractivity contribution in [2.75, 3.05) is 38.5 Å². The van der Waals surface area contributed by atoms with Crippen LogP contribution in [0.25, 0.3) is 0 Å². The Balaban J connectivity index is 1.42. The Morgan fingerprint density at radius 3 is 2.70 bits per heavy atom. The van der Waals surface area contributed by atoms with Crippen LogP contribution in [0.4, 0.5) is 0 Å². The Labute approximate surface area is 208 Å². The van der Waals surface area contributed by atoms with Crippen LogP contribution >= 0.6 is 30.9 Å². The van der Waals surface area contributed by atoms with E-state index in [-0.39, 0.29) is 11.0 Å². The fraction of sp³-hybridized carbons (Fsp3) is 0.760. The van der Waals surface area contributed by atoms with Crippen molar-refractivity contribution in [3.8, 4) is 5.75 Å². The Morgan fingerprint density at radius 2 is 1.97 bits per heavy atom. The van der Waals surface area contributed by atoms with Gasteiger partial charge in [-0.15, -0.1) is 23.2 Å². The van der Waals surface area contributed by atoms with Crippen molar-refractivity contribution in [2.24, 2.45) is 17.3 Å². The lowest BCUT2D eigenvalue weighted by molar-refractivity contribution is -0.0990. The fourth-order valence-corrected chi connectivity index (χ4v) is 10.8. The van der Waals surface area contributed by atoms with Gasteiger partial charge in [0.1, 0.15) is 5.75 Å². The Kier molecular flexibility index (Phi) is 6.88. The first kappa shape index (κ1) is 24.4. The topological polar surface area (TPSA) is 50.8 Å². The van der Waals surface area contributed by atoms with E-state index in [9.17, 15) is 4.57 Å². The summed E-state index contributed by atoms with van der Waals surface area (Å²) in [6.45, 7) is 4.18.